The van der Waals surface area contributed by atoms with Crippen LogP contribution in [0.4, 0.5) is 0 Å². The molecule has 104 valence electrons. The van der Waals surface area contributed by atoms with Crippen LogP contribution in [0.3, 0.4) is 0 Å². The fourth-order valence-electron chi connectivity index (χ4n) is 2.45. The number of rotatable bonds is 4. The summed E-state index contributed by atoms with van der Waals surface area (Å²) in [5.41, 5.74) is 2.24. The van der Waals surface area contributed by atoms with Crippen molar-refractivity contribution < 1.29 is 4.74 Å². The van der Waals surface area contributed by atoms with Crippen molar-refractivity contribution >= 4 is 11.6 Å². The molecule has 0 spiro atoms. The van der Waals surface area contributed by atoms with Crippen molar-refractivity contribution in [1.29, 1.82) is 0 Å². The lowest BCUT2D eigenvalue weighted by Gasteiger charge is -2.16. The molecule has 1 aliphatic rings. The SMILES string of the molecule is C[C@@H](NCC1Cc2cc(Cl)ccc2O1)c1ccccn1. The molecule has 20 heavy (non-hydrogen) atoms. The average Bonchev–Trinajstić information content (AvgIpc) is 2.87. The van der Waals surface area contributed by atoms with Gasteiger partial charge in [-0.05, 0) is 42.8 Å². The number of nitrogens with one attached hydrogen (secondary N) is 1. The number of hydrogen-bond donors (Lipinski definition) is 1. The summed E-state index contributed by atoms with van der Waals surface area (Å²) in [5.74, 6) is 0.951. The number of aromatic nitrogens is 1. The predicted molar refractivity (Wildman–Crippen MR) is 80.2 cm³/mol. The first-order chi connectivity index (χ1) is 9.72. The van der Waals surface area contributed by atoms with Crippen LogP contribution in [0.5, 0.6) is 5.75 Å². The fourth-order valence-corrected chi connectivity index (χ4v) is 2.64. The lowest BCUT2D eigenvalue weighted by atomic mass is 10.1. The molecule has 2 heterocycles. The van der Waals surface area contributed by atoms with Crippen molar-refractivity contribution in [2.75, 3.05) is 6.54 Å². The van der Waals surface area contributed by atoms with Crippen LogP contribution in [0.2, 0.25) is 5.02 Å². The van der Waals surface area contributed by atoms with Gasteiger partial charge in [-0.15, -0.1) is 0 Å². The first kappa shape index (κ1) is 13.4. The first-order valence-corrected chi connectivity index (χ1v) is 7.19. The summed E-state index contributed by atoms with van der Waals surface area (Å²) in [4.78, 5) is 4.35. The van der Waals surface area contributed by atoms with Crippen LogP contribution in [0.25, 0.3) is 0 Å². The van der Waals surface area contributed by atoms with Crippen LogP contribution in [0.1, 0.15) is 24.2 Å². The number of ether oxygens (including phenoxy) is 1. The van der Waals surface area contributed by atoms with Gasteiger partial charge in [-0.25, -0.2) is 0 Å². The molecule has 0 radical (unpaired) electrons. The molecule has 3 nitrogen and oxygen atoms in total. The van der Waals surface area contributed by atoms with Crippen LogP contribution < -0.4 is 10.1 Å². The molecule has 2 atom stereocenters. The highest BCUT2D eigenvalue weighted by Gasteiger charge is 2.23. The number of pyridine rings is 1. The molecular formula is C16H17ClN2O. The van der Waals surface area contributed by atoms with Crippen molar-refractivity contribution in [2.45, 2.75) is 25.5 Å². The van der Waals surface area contributed by atoms with E-state index in [-0.39, 0.29) is 12.1 Å². The van der Waals surface area contributed by atoms with Gasteiger partial charge in [0.25, 0.3) is 0 Å². The summed E-state index contributed by atoms with van der Waals surface area (Å²) in [5, 5.41) is 4.24. The minimum atomic E-state index is 0.162. The number of benzene rings is 1. The smallest absolute Gasteiger partial charge is 0.123 e. The van der Waals surface area contributed by atoms with E-state index >= 15 is 0 Å². The van der Waals surface area contributed by atoms with Gasteiger partial charge in [0.05, 0.1) is 5.69 Å². The van der Waals surface area contributed by atoms with Gasteiger partial charge >= 0.3 is 0 Å². The van der Waals surface area contributed by atoms with Crippen molar-refractivity contribution in [3.05, 3.63) is 58.9 Å². The third-order valence-corrected chi connectivity index (χ3v) is 3.78. The lowest BCUT2D eigenvalue weighted by molar-refractivity contribution is 0.222. The van der Waals surface area contributed by atoms with Gasteiger partial charge in [-0.3, -0.25) is 4.98 Å². The number of fused-ring (bicyclic) bond motifs is 1. The van der Waals surface area contributed by atoms with Gasteiger partial charge in [-0.1, -0.05) is 17.7 Å². The minimum absolute atomic E-state index is 0.162. The summed E-state index contributed by atoms with van der Waals surface area (Å²) in [6.45, 7) is 2.91. The van der Waals surface area contributed by atoms with Crippen LogP contribution >= 0.6 is 11.6 Å². The Labute approximate surface area is 123 Å². The van der Waals surface area contributed by atoms with Crippen LogP contribution in [-0.4, -0.2) is 17.6 Å². The maximum Gasteiger partial charge on any atom is 0.123 e. The average molecular weight is 289 g/mol. The molecule has 1 aromatic heterocycles. The van der Waals surface area contributed by atoms with E-state index in [4.69, 9.17) is 16.3 Å². The van der Waals surface area contributed by atoms with Crippen LogP contribution in [0.15, 0.2) is 42.6 Å². The Kier molecular flexibility index (Phi) is 3.90. The van der Waals surface area contributed by atoms with Gasteiger partial charge in [0.15, 0.2) is 0 Å². The zero-order valence-corrected chi connectivity index (χ0v) is 12.1. The molecule has 1 N–H and O–H groups in total. The molecule has 4 heteroatoms. The molecule has 0 amide bonds. The van der Waals surface area contributed by atoms with Gasteiger partial charge in [0, 0.05) is 30.2 Å². The van der Waals surface area contributed by atoms with Gasteiger partial charge in [0.2, 0.25) is 0 Å². The van der Waals surface area contributed by atoms with Gasteiger partial charge in [-0.2, -0.15) is 0 Å². The normalized spacial score (nSPS) is 18.4. The summed E-state index contributed by atoms with van der Waals surface area (Å²) >= 11 is 6.00. The summed E-state index contributed by atoms with van der Waals surface area (Å²) in [7, 11) is 0. The Morgan fingerprint density at radius 1 is 1.40 bits per heavy atom. The van der Waals surface area contributed by atoms with E-state index in [2.05, 4.69) is 17.2 Å². The second kappa shape index (κ2) is 5.81. The first-order valence-electron chi connectivity index (χ1n) is 6.82. The highest BCUT2D eigenvalue weighted by atomic mass is 35.5. The zero-order valence-electron chi connectivity index (χ0n) is 11.3. The molecule has 2 aromatic rings. The molecule has 3 rings (SSSR count). The minimum Gasteiger partial charge on any atom is -0.488 e. The molecule has 0 saturated heterocycles. The monoisotopic (exact) mass is 288 g/mol. The lowest BCUT2D eigenvalue weighted by Crippen LogP contribution is -2.32. The Morgan fingerprint density at radius 2 is 2.30 bits per heavy atom. The molecular weight excluding hydrogens is 272 g/mol. The van der Waals surface area contributed by atoms with E-state index in [1.165, 1.54) is 5.56 Å². The number of hydrogen-bond acceptors (Lipinski definition) is 3. The third kappa shape index (κ3) is 2.94. The van der Waals surface area contributed by atoms with Crippen molar-refractivity contribution in [1.82, 2.24) is 10.3 Å². The Bertz CT molecular complexity index is 588. The van der Waals surface area contributed by atoms with E-state index in [1.807, 2.05) is 42.6 Å². The van der Waals surface area contributed by atoms with Crippen LogP contribution in [-0.2, 0) is 6.42 Å². The van der Waals surface area contributed by atoms with E-state index in [1.54, 1.807) is 0 Å². The highest BCUT2D eigenvalue weighted by molar-refractivity contribution is 6.30. The van der Waals surface area contributed by atoms with Crippen molar-refractivity contribution in [3.8, 4) is 5.75 Å². The quantitative estimate of drug-likeness (QED) is 0.936. The molecule has 0 aliphatic carbocycles. The largest absolute Gasteiger partial charge is 0.488 e. The Morgan fingerprint density at radius 3 is 3.10 bits per heavy atom. The van der Waals surface area contributed by atoms with Gasteiger partial charge < -0.3 is 10.1 Å². The van der Waals surface area contributed by atoms with E-state index in [9.17, 15) is 0 Å². The molecule has 0 saturated carbocycles. The van der Waals surface area contributed by atoms with Crippen molar-refractivity contribution in [3.63, 3.8) is 0 Å². The molecule has 0 fully saturated rings. The second-order valence-electron chi connectivity index (χ2n) is 5.08. The third-order valence-electron chi connectivity index (χ3n) is 3.55. The highest BCUT2D eigenvalue weighted by Crippen LogP contribution is 2.30. The second-order valence-corrected chi connectivity index (χ2v) is 5.52. The molecule has 1 unspecified atom stereocenters. The molecule has 1 aromatic carbocycles. The standard InChI is InChI=1S/C16H17ClN2O/c1-11(15-4-2-3-7-18-15)19-10-14-9-12-8-13(17)5-6-16(12)20-14/h2-8,11,14,19H,9-10H2,1H3/t11-,14?/m1/s1. The Hall–Kier alpha value is -1.58. The number of halogens is 1. The fraction of sp³-hybridized carbons (Fsp3) is 0.312. The molecule has 1 aliphatic heterocycles. The van der Waals surface area contributed by atoms with Crippen molar-refractivity contribution in [2.24, 2.45) is 0 Å². The summed E-state index contributed by atoms with van der Waals surface area (Å²) in [6, 6.07) is 12.0. The predicted octanol–water partition coefficient (Wildman–Crippen LogP) is 3.39. The van der Waals surface area contributed by atoms with E-state index in [0.29, 0.717) is 0 Å². The Balaban J connectivity index is 1.56. The van der Waals surface area contributed by atoms with Gasteiger partial charge in [0.1, 0.15) is 11.9 Å². The maximum atomic E-state index is 6.00. The zero-order chi connectivity index (χ0) is 13.9. The maximum absolute atomic E-state index is 6.00. The number of nitrogens with zero attached hydrogens (tertiary/aromatic N) is 1. The summed E-state index contributed by atoms with van der Waals surface area (Å²) < 4.78 is 5.91. The van der Waals surface area contributed by atoms with Crippen LogP contribution in [0, 0.1) is 0 Å². The van der Waals surface area contributed by atoms with E-state index < -0.39 is 0 Å². The van der Waals surface area contributed by atoms with E-state index in [0.717, 1.165) is 29.4 Å². The topological polar surface area (TPSA) is 34.1 Å². The molecule has 0 bridgehead atoms. The summed E-state index contributed by atoms with van der Waals surface area (Å²) in [6.07, 6.45) is 2.88.